The second kappa shape index (κ2) is 5.32. The molecule has 1 aromatic heterocycles. The van der Waals surface area contributed by atoms with E-state index in [9.17, 15) is 4.79 Å². The van der Waals surface area contributed by atoms with E-state index in [0.29, 0.717) is 0 Å². The van der Waals surface area contributed by atoms with Crippen molar-refractivity contribution in [1.29, 1.82) is 0 Å². The van der Waals surface area contributed by atoms with Gasteiger partial charge in [-0.05, 0) is 18.4 Å². The Labute approximate surface area is 104 Å². The summed E-state index contributed by atoms with van der Waals surface area (Å²) in [6.45, 7) is 1.96. The minimum atomic E-state index is -0.0268. The molecule has 1 atom stereocenters. The molecule has 1 unspecified atom stereocenters. The summed E-state index contributed by atoms with van der Waals surface area (Å²) in [5.41, 5.74) is 0.791. The van der Waals surface area contributed by atoms with E-state index >= 15 is 0 Å². The molecule has 3 heteroatoms. The van der Waals surface area contributed by atoms with Gasteiger partial charge in [-0.2, -0.15) is 0 Å². The highest BCUT2D eigenvalue weighted by Crippen LogP contribution is 2.29. The van der Waals surface area contributed by atoms with Gasteiger partial charge in [-0.25, -0.2) is 0 Å². The molecule has 0 aliphatic carbocycles. The molecular formula is C13H12OS2. The van der Waals surface area contributed by atoms with Gasteiger partial charge in [-0.15, -0.1) is 23.1 Å². The molecule has 2 aromatic rings. The number of ketones is 1. The van der Waals surface area contributed by atoms with Crippen LogP contribution in [0.3, 0.4) is 0 Å². The minimum Gasteiger partial charge on any atom is -0.293 e. The van der Waals surface area contributed by atoms with E-state index < -0.39 is 0 Å². The van der Waals surface area contributed by atoms with Crippen molar-refractivity contribution in [3.05, 3.63) is 53.4 Å². The number of carbonyl (C=O) groups excluding carboxylic acids is 1. The molecule has 1 nitrogen and oxygen atoms in total. The maximum absolute atomic E-state index is 12.1. The zero-order chi connectivity index (χ0) is 11.4. The summed E-state index contributed by atoms with van der Waals surface area (Å²) < 4.78 is 1.19. The molecule has 0 fully saturated rings. The number of hydrogen-bond acceptors (Lipinski definition) is 3. The summed E-state index contributed by atoms with van der Waals surface area (Å²) in [5.74, 6) is 0.194. The summed E-state index contributed by atoms with van der Waals surface area (Å²) in [4.78, 5) is 12.1. The average molecular weight is 248 g/mol. The summed E-state index contributed by atoms with van der Waals surface area (Å²) >= 11 is 3.30. The van der Waals surface area contributed by atoms with Gasteiger partial charge < -0.3 is 0 Å². The number of thiophene rings is 1. The van der Waals surface area contributed by atoms with Crippen LogP contribution >= 0.6 is 23.1 Å². The van der Waals surface area contributed by atoms with Crippen LogP contribution in [0.25, 0.3) is 0 Å². The predicted octanol–water partition coefficient (Wildman–Crippen LogP) is 4.11. The molecule has 2 rings (SSSR count). The maximum atomic E-state index is 12.1. The Morgan fingerprint density at radius 3 is 2.56 bits per heavy atom. The predicted molar refractivity (Wildman–Crippen MR) is 70.4 cm³/mol. The van der Waals surface area contributed by atoms with Gasteiger partial charge in [-0.3, -0.25) is 4.79 Å². The SMILES string of the molecule is CC(Sc1cccs1)C(=O)c1ccccc1. The van der Waals surface area contributed by atoms with Crippen LogP contribution in [0.1, 0.15) is 17.3 Å². The average Bonchev–Trinajstić information content (AvgIpc) is 2.82. The Morgan fingerprint density at radius 2 is 1.94 bits per heavy atom. The van der Waals surface area contributed by atoms with Crippen molar-refractivity contribution < 1.29 is 4.79 Å². The Hall–Kier alpha value is -1.06. The second-order valence-corrected chi connectivity index (χ2v) is 6.01. The second-order valence-electron chi connectivity index (χ2n) is 3.42. The lowest BCUT2D eigenvalue weighted by Gasteiger charge is -2.08. The van der Waals surface area contributed by atoms with Crippen LogP contribution in [-0.2, 0) is 0 Å². The van der Waals surface area contributed by atoms with E-state index in [-0.39, 0.29) is 11.0 Å². The smallest absolute Gasteiger partial charge is 0.175 e. The van der Waals surface area contributed by atoms with Crippen molar-refractivity contribution in [3.8, 4) is 0 Å². The molecule has 0 radical (unpaired) electrons. The van der Waals surface area contributed by atoms with Gasteiger partial charge in [-0.1, -0.05) is 36.4 Å². The molecule has 0 amide bonds. The monoisotopic (exact) mass is 248 g/mol. The number of rotatable bonds is 4. The van der Waals surface area contributed by atoms with E-state index in [4.69, 9.17) is 0 Å². The van der Waals surface area contributed by atoms with E-state index in [1.54, 1.807) is 23.1 Å². The molecule has 0 saturated carbocycles. The van der Waals surface area contributed by atoms with Crippen LogP contribution in [0.2, 0.25) is 0 Å². The minimum absolute atomic E-state index is 0.0268. The third-order valence-electron chi connectivity index (χ3n) is 2.22. The van der Waals surface area contributed by atoms with Crippen LogP contribution in [-0.4, -0.2) is 11.0 Å². The van der Waals surface area contributed by atoms with Gasteiger partial charge >= 0.3 is 0 Å². The Kier molecular flexibility index (Phi) is 3.80. The topological polar surface area (TPSA) is 17.1 Å². The van der Waals surface area contributed by atoms with Gasteiger partial charge in [0.05, 0.1) is 9.46 Å². The standard InChI is InChI=1S/C13H12OS2/c1-10(16-12-8-5-9-15-12)13(14)11-6-3-2-4-7-11/h2-10H,1H3. The Morgan fingerprint density at radius 1 is 1.19 bits per heavy atom. The molecule has 1 aromatic carbocycles. The van der Waals surface area contributed by atoms with Crippen LogP contribution < -0.4 is 0 Å². The van der Waals surface area contributed by atoms with Crippen molar-refractivity contribution in [3.63, 3.8) is 0 Å². The highest BCUT2D eigenvalue weighted by atomic mass is 32.2. The number of Topliss-reactive ketones (excluding diaryl/α,β-unsaturated/α-hetero) is 1. The quantitative estimate of drug-likeness (QED) is 0.598. The van der Waals surface area contributed by atoms with Crippen molar-refractivity contribution in [2.75, 3.05) is 0 Å². The number of thioether (sulfide) groups is 1. The summed E-state index contributed by atoms with van der Waals surface area (Å²) in [5, 5.41) is 2.00. The van der Waals surface area contributed by atoms with Gasteiger partial charge in [0.15, 0.2) is 5.78 Å². The van der Waals surface area contributed by atoms with Crippen LogP contribution in [0.4, 0.5) is 0 Å². The van der Waals surface area contributed by atoms with Crippen molar-refractivity contribution in [2.24, 2.45) is 0 Å². The third-order valence-corrected chi connectivity index (χ3v) is 4.39. The number of carbonyl (C=O) groups is 1. The lowest BCUT2D eigenvalue weighted by Crippen LogP contribution is -2.12. The first-order chi connectivity index (χ1) is 7.77. The molecule has 16 heavy (non-hydrogen) atoms. The van der Waals surface area contributed by atoms with Crippen LogP contribution in [0, 0.1) is 0 Å². The molecule has 82 valence electrons. The maximum Gasteiger partial charge on any atom is 0.175 e. The first-order valence-corrected chi connectivity index (χ1v) is 6.83. The highest BCUT2D eigenvalue weighted by molar-refractivity contribution is 8.02. The van der Waals surface area contributed by atoms with Crippen molar-refractivity contribution in [2.45, 2.75) is 16.4 Å². The summed E-state index contributed by atoms with van der Waals surface area (Å²) in [6, 6.07) is 13.5. The zero-order valence-electron chi connectivity index (χ0n) is 8.92. The Balaban J connectivity index is 2.05. The molecule has 0 aliphatic rings. The molecule has 0 bridgehead atoms. The van der Waals surface area contributed by atoms with Gasteiger partial charge in [0, 0.05) is 5.56 Å². The van der Waals surface area contributed by atoms with Crippen LogP contribution in [0.5, 0.6) is 0 Å². The third kappa shape index (κ3) is 2.74. The Bertz CT molecular complexity index is 448. The molecular weight excluding hydrogens is 236 g/mol. The van der Waals surface area contributed by atoms with E-state index in [1.165, 1.54) is 4.21 Å². The highest BCUT2D eigenvalue weighted by Gasteiger charge is 2.16. The lowest BCUT2D eigenvalue weighted by atomic mass is 10.1. The first-order valence-electron chi connectivity index (χ1n) is 5.07. The van der Waals surface area contributed by atoms with Gasteiger partial charge in [0.1, 0.15) is 0 Å². The zero-order valence-corrected chi connectivity index (χ0v) is 10.6. The fourth-order valence-electron chi connectivity index (χ4n) is 1.40. The number of hydrogen-bond donors (Lipinski definition) is 0. The van der Waals surface area contributed by atoms with Gasteiger partial charge in [0.25, 0.3) is 0 Å². The fraction of sp³-hybridized carbons (Fsp3) is 0.154. The van der Waals surface area contributed by atoms with Crippen molar-refractivity contribution in [1.82, 2.24) is 0 Å². The lowest BCUT2D eigenvalue weighted by molar-refractivity contribution is 0.0994. The summed E-state index contributed by atoms with van der Waals surface area (Å²) in [6.07, 6.45) is 0. The largest absolute Gasteiger partial charge is 0.293 e. The van der Waals surface area contributed by atoms with Crippen molar-refractivity contribution >= 4 is 28.9 Å². The normalized spacial score (nSPS) is 12.3. The fourth-order valence-corrected chi connectivity index (χ4v) is 3.41. The molecule has 0 saturated heterocycles. The van der Waals surface area contributed by atoms with Gasteiger partial charge in [0.2, 0.25) is 0 Å². The first kappa shape index (κ1) is 11.4. The van der Waals surface area contributed by atoms with E-state index in [0.717, 1.165) is 5.56 Å². The molecule has 1 heterocycles. The molecule has 0 aliphatic heterocycles. The summed E-state index contributed by atoms with van der Waals surface area (Å²) in [7, 11) is 0. The van der Waals surface area contributed by atoms with E-state index in [2.05, 4.69) is 0 Å². The molecule has 0 spiro atoms. The van der Waals surface area contributed by atoms with E-state index in [1.807, 2.05) is 54.8 Å². The van der Waals surface area contributed by atoms with Crippen LogP contribution in [0.15, 0.2) is 52.1 Å². The molecule has 0 N–H and O–H groups in total. The number of benzene rings is 1.